The van der Waals surface area contributed by atoms with Gasteiger partial charge in [0.15, 0.2) is 17.5 Å². The van der Waals surface area contributed by atoms with Crippen LogP contribution in [0.25, 0.3) is 110 Å². The summed E-state index contributed by atoms with van der Waals surface area (Å²) in [7, 11) is 0. The molecule has 3 heterocycles. The van der Waals surface area contributed by atoms with E-state index in [2.05, 4.69) is 140 Å². The Kier molecular flexibility index (Phi) is 7.64. The van der Waals surface area contributed by atoms with E-state index in [-0.39, 0.29) is 0 Å². The Balaban J connectivity index is 1.17. The lowest BCUT2D eigenvalue weighted by atomic mass is 9.93. The van der Waals surface area contributed by atoms with Crippen molar-refractivity contribution in [3.63, 3.8) is 0 Å². The Hall–Kier alpha value is -7.21. The summed E-state index contributed by atoms with van der Waals surface area (Å²) >= 11 is 1.83. The maximum absolute atomic E-state index is 6.67. The standard InChI is InChI=1S/C51H31N3OS/c1-4-14-32(15-5-1)33-26-28-36(29-27-33)50-52-49(35-18-8-3-9-19-35)53-51(54-50)41-30-37(31-43-46(41)40-20-10-11-23-42(40)55-43)39-22-13-25-45-48(39)47-38(21-12-24-44(47)56-45)34-16-6-2-7-17-34/h1-31H. The smallest absolute Gasteiger partial charge is 0.164 e. The molecule has 56 heavy (non-hydrogen) atoms. The van der Waals surface area contributed by atoms with Gasteiger partial charge in [0.05, 0.1) is 0 Å². The minimum atomic E-state index is 0.590. The van der Waals surface area contributed by atoms with Crippen LogP contribution in [0.4, 0.5) is 0 Å². The SMILES string of the molecule is c1ccc(-c2ccc(-c3nc(-c4ccccc4)nc(-c4cc(-c5cccc6sc7cccc(-c8ccccc8)c7c56)cc5oc6ccccc6c45)n3)cc2)cc1. The fourth-order valence-corrected chi connectivity index (χ4v) is 9.09. The van der Waals surface area contributed by atoms with Crippen LogP contribution < -0.4 is 0 Å². The van der Waals surface area contributed by atoms with E-state index in [1.165, 1.54) is 31.3 Å². The van der Waals surface area contributed by atoms with E-state index in [0.29, 0.717) is 17.5 Å². The summed E-state index contributed by atoms with van der Waals surface area (Å²) in [4.78, 5) is 15.6. The molecule has 0 atom stereocenters. The zero-order valence-electron chi connectivity index (χ0n) is 30.1. The van der Waals surface area contributed by atoms with Crippen molar-refractivity contribution in [2.45, 2.75) is 0 Å². The molecule has 0 saturated heterocycles. The molecule has 0 spiro atoms. The van der Waals surface area contributed by atoms with Crippen molar-refractivity contribution in [2.24, 2.45) is 0 Å². The molecular formula is C51H31N3OS. The molecule has 0 aliphatic heterocycles. The van der Waals surface area contributed by atoms with Crippen LogP contribution in [0.2, 0.25) is 0 Å². The average Bonchev–Trinajstić information content (AvgIpc) is 3.86. The van der Waals surface area contributed by atoms with Crippen molar-refractivity contribution in [3.8, 4) is 67.5 Å². The Morgan fingerprint density at radius 1 is 0.321 bits per heavy atom. The molecular weight excluding hydrogens is 703 g/mol. The van der Waals surface area contributed by atoms with Crippen molar-refractivity contribution in [3.05, 3.63) is 188 Å². The van der Waals surface area contributed by atoms with Gasteiger partial charge in [0.2, 0.25) is 0 Å². The van der Waals surface area contributed by atoms with Crippen LogP contribution in [-0.2, 0) is 0 Å². The highest BCUT2D eigenvalue weighted by Crippen LogP contribution is 2.46. The van der Waals surface area contributed by atoms with E-state index in [1.807, 2.05) is 59.9 Å². The quantitative estimate of drug-likeness (QED) is 0.171. The normalized spacial score (nSPS) is 11.6. The largest absolute Gasteiger partial charge is 0.456 e. The van der Waals surface area contributed by atoms with Crippen LogP contribution in [-0.4, -0.2) is 15.0 Å². The molecule has 11 rings (SSSR count). The van der Waals surface area contributed by atoms with Gasteiger partial charge in [0.1, 0.15) is 11.2 Å². The molecule has 0 fully saturated rings. The van der Waals surface area contributed by atoms with Crippen LogP contribution in [0.3, 0.4) is 0 Å². The molecule has 0 aliphatic rings. The molecule has 262 valence electrons. The monoisotopic (exact) mass is 733 g/mol. The van der Waals surface area contributed by atoms with E-state index in [1.54, 1.807) is 0 Å². The van der Waals surface area contributed by atoms with E-state index in [9.17, 15) is 0 Å². The van der Waals surface area contributed by atoms with Crippen LogP contribution in [0.1, 0.15) is 0 Å². The summed E-state index contributed by atoms with van der Waals surface area (Å²) in [5.74, 6) is 1.81. The molecule has 8 aromatic carbocycles. The lowest BCUT2D eigenvalue weighted by molar-refractivity contribution is 0.669. The predicted octanol–water partition coefficient (Wildman–Crippen LogP) is 14.1. The molecule has 11 aromatic rings. The second kappa shape index (κ2) is 13.3. The zero-order chi connectivity index (χ0) is 37.0. The number of furan rings is 1. The fourth-order valence-electron chi connectivity index (χ4n) is 7.94. The Bertz CT molecular complexity index is 3230. The number of thiophene rings is 1. The molecule has 0 unspecified atom stereocenters. The van der Waals surface area contributed by atoms with Crippen LogP contribution >= 0.6 is 11.3 Å². The molecule has 0 N–H and O–H groups in total. The van der Waals surface area contributed by atoms with Crippen molar-refractivity contribution < 1.29 is 4.42 Å². The first kappa shape index (κ1) is 32.2. The van der Waals surface area contributed by atoms with Crippen molar-refractivity contribution in [2.75, 3.05) is 0 Å². The molecule has 0 saturated carbocycles. The van der Waals surface area contributed by atoms with Crippen molar-refractivity contribution in [1.82, 2.24) is 15.0 Å². The Morgan fingerprint density at radius 2 is 0.821 bits per heavy atom. The lowest BCUT2D eigenvalue weighted by Gasteiger charge is -2.12. The van der Waals surface area contributed by atoms with E-state index < -0.39 is 0 Å². The summed E-state index contributed by atoms with van der Waals surface area (Å²) in [6, 6.07) is 65.6. The van der Waals surface area contributed by atoms with Crippen LogP contribution in [0.15, 0.2) is 192 Å². The van der Waals surface area contributed by atoms with Gasteiger partial charge in [-0.25, -0.2) is 15.0 Å². The number of benzene rings is 8. The van der Waals surface area contributed by atoms with Gasteiger partial charge in [-0.3, -0.25) is 0 Å². The van der Waals surface area contributed by atoms with Crippen LogP contribution in [0, 0.1) is 0 Å². The second-order valence-corrected chi connectivity index (χ2v) is 15.0. The topological polar surface area (TPSA) is 51.8 Å². The number of hydrogen-bond acceptors (Lipinski definition) is 5. The maximum atomic E-state index is 6.67. The van der Waals surface area contributed by atoms with Gasteiger partial charge in [-0.1, -0.05) is 158 Å². The maximum Gasteiger partial charge on any atom is 0.164 e. The third kappa shape index (κ3) is 5.48. The third-order valence-corrected chi connectivity index (χ3v) is 11.7. The first-order valence-corrected chi connectivity index (χ1v) is 19.5. The highest BCUT2D eigenvalue weighted by atomic mass is 32.1. The summed E-state index contributed by atoms with van der Waals surface area (Å²) in [6.45, 7) is 0. The van der Waals surface area contributed by atoms with E-state index in [4.69, 9.17) is 19.4 Å². The molecule has 3 aromatic heterocycles. The van der Waals surface area contributed by atoms with Gasteiger partial charge in [-0.05, 0) is 63.7 Å². The molecule has 0 amide bonds. The fraction of sp³-hybridized carbons (Fsp3) is 0. The number of nitrogens with zero attached hydrogens (tertiary/aromatic N) is 3. The Morgan fingerprint density at radius 3 is 1.48 bits per heavy atom. The lowest BCUT2D eigenvalue weighted by Crippen LogP contribution is -2.00. The van der Waals surface area contributed by atoms with Gasteiger partial charge in [-0.15, -0.1) is 11.3 Å². The average molecular weight is 734 g/mol. The summed E-state index contributed by atoms with van der Waals surface area (Å²) in [5, 5.41) is 4.49. The minimum Gasteiger partial charge on any atom is -0.456 e. The first-order chi connectivity index (χ1) is 27.7. The third-order valence-electron chi connectivity index (χ3n) is 10.6. The number of rotatable bonds is 6. The number of hydrogen-bond donors (Lipinski definition) is 0. The summed E-state index contributed by atoms with van der Waals surface area (Å²) in [6.07, 6.45) is 0. The summed E-state index contributed by atoms with van der Waals surface area (Å²) in [5.41, 5.74) is 11.2. The highest BCUT2D eigenvalue weighted by Gasteiger charge is 2.22. The van der Waals surface area contributed by atoms with Gasteiger partial charge in [-0.2, -0.15) is 0 Å². The van der Waals surface area contributed by atoms with Gasteiger partial charge < -0.3 is 4.42 Å². The minimum absolute atomic E-state index is 0.590. The number of aromatic nitrogens is 3. The van der Waals surface area contributed by atoms with E-state index in [0.717, 1.165) is 60.9 Å². The van der Waals surface area contributed by atoms with E-state index >= 15 is 0 Å². The van der Waals surface area contributed by atoms with Gasteiger partial charge >= 0.3 is 0 Å². The van der Waals surface area contributed by atoms with Gasteiger partial charge in [0, 0.05) is 47.6 Å². The molecule has 0 bridgehead atoms. The summed E-state index contributed by atoms with van der Waals surface area (Å²) < 4.78 is 9.16. The first-order valence-electron chi connectivity index (χ1n) is 18.7. The second-order valence-electron chi connectivity index (χ2n) is 13.9. The van der Waals surface area contributed by atoms with Crippen molar-refractivity contribution >= 4 is 53.4 Å². The molecule has 5 heteroatoms. The number of para-hydroxylation sites is 1. The highest BCUT2D eigenvalue weighted by molar-refractivity contribution is 7.26. The zero-order valence-corrected chi connectivity index (χ0v) is 30.9. The Labute approximate surface area is 327 Å². The molecule has 0 aliphatic carbocycles. The molecule has 4 nitrogen and oxygen atoms in total. The van der Waals surface area contributed by atoms with Crippen LogP contribution in [0.5, 0.6) is 0 Å². The number of fused-ring (bicyclic) bond motifs is 6. The predicted molar refractivity (Wildman–Crippen MR) is 233 cm³/mol. The van der Waals surface area contributed by atoms with Gasteiger partial charge in [0.25, 0.3) is 0 Å². The van der Waals surface area contributed by atoms with Crippen molar-refractivity contribution in [1.29, 1.82) is 0 Å². The molecule has 0 radical (unpaired) electrons.